The molecule has 0 saturated carbocycles. The molecule has 1 aliphatic rings. The number of rotatable bonds is 1. The number of carbonyl (C=O) groups excluding carboxylic acids is 2. The van der Waals surface area contributed by atoms with Crippen LogP contribution in [0.5, 0.6) is 0 Å². The Morgan fingerprint density at radius 2 is 1.80 bits per heavy atom. The Labute approximate surface area is 180 Å². The summed E-state index contributed by atoms with van der Waals surface area (Å²) in [5.41, 5.74) is 0.749. The van der Waals surface area contributed by atoms with Crippen LogP contribution < -0.4 is 5.56 Å². The van der Waals surface area contributed by atoms with Crippen molar-refractivity contribution in [2.75, 3.05) is 26.2 Å². The van der Waals surface area contributed by atoms with Gasteiger partial charge in [-0.25, -0.2) is 9.78 Å². The fraction of sp³-hybridized carbons (Fsp3) is 0.400. The maximum Gasteiger partial charge on any atom is 0.410 e. The number of hydrogen-bond donors (Lipinski definition) is 1. The van der Waals surface area contributed by atoms with Crippen LogP contribution in [0.15, 0.2) is 33.8 Å². The number of aromatic nitrogens is 3. The normalized spacial score (nSPS) is 15.1. The van der Waals surface area contributed by atoms with Gasteiger partial charge in [0.2, 0.25) is 0 Å². The number of hydrogen-bond acceptors (Lipinski definition) is 5. The maximum atomic E-state index is 13.1. The zero-order valence-electron chi connectivity index (χ0n) is 16.9. The molecule has 2 aromatic heterocycles. The first-order valence-corrected chi connectivity index (χ1v) is 10.4. The molecule has 0 unspecified atom stereocenters. The Morgan fingerprint density at radius 1 is 1.13 bits per heavy atom. The summed E-state index contributed by atoms with van der Waals surface area (Å²) in [7, 11) is 0. The number of aromatic amines is 1. The molecule has 4 rings (SSSR count). The van der Waals surface area contributed by atoms with Gasteiger partial charge in [-0.05, 0) is 39.0 Å². The van der Waals surface area contributed by atoms with Crippen LogP contribution in [0.3, 0.4) is 0 Å². The van der Waals surface area contributed by atoms with Crippen molar-refractivity contribution in [3.63, 3.8) is 0 Å². The van der Waals surface area contributed by atoms with Crippen molar-refractivity contribution in [3.05, 3.63) is 45.0 Å². The first kappa shape index (κ1) is 20.4. The van der Waals surface area contributed by atoms with E-state index in [1.165, 1.54) is 6.33 Å². The molecule has 2 amide bonds. The van der Waals surface area contributed by atoms with Crippen molar-refractivity contribution in [2.45, 2.75) is 26.4 Å². The third-order valence-corrected chi connectivity index (χ3v) is 5.36. The fourth-order valence-electron chi connectivity index (χ4n) is 3.46. The molecule has 158 valence electrons. The maximum absolute atomic E-state index is 13.1. The summed E-state index contributed by atoms with van der Waals surface area (Å²) in [5, 5.41) is 0. The van der Waals surface area contributed by atoms with E-state index in [-0.39, 0.29) is 22.7 Å². The highest BCUT2D eigenvalue weighted by atomic mass is 79.9. The summed E-state index contributed by atoms with van der Waals surface area (Å²) in [6.45, 7) is 6.84. The van der Waals surface area contributed by atoms with Crippen LogP contribution in [-0.4, -0.2) is 67.9 Å². The number of amides is 2. The Bertz CT molecular complexity index is 1200. The van der Waals surface area contributed by atoms with E-state index in [2.05, 4.69) is 25.9 Å². The van der Waals surface area contributed by atoms with Crippen LogP contribution in [0, 0.1) is 0 Å². The molecule has 1 aromatic carbocycles. The Morgan fingerprint density at radius 3 is 2.47 bits per heavy atom. The minimum absolute atomic E-state index is 0.101. The predicted octanol–water partition coefficient (Wildman–Crippen LogP) is 2.63. The highest BCUT2D eigenvalue weighted by molar-refractivity contribution is 9.10. The van der Waals surface area contributed by atoms with Gasteiger partial charge in [0.25, 0.3) is 11.5 Å². The van der Waals surface area contributed by atoms with Crippen LogP contribution >= 0.6 is 15.9 Å². The van der Waals surface area contributed by atoms with Gasteiger partial charge in [-0.15, -0.1) is 0 Å². The molecule has 10 heteroatoms. The van der Waals surface area contributed by atoms with Gasteiger partial charge in [0.15, 0.2) is 5.69 Å². The van der Waals surface area contributed by atoms with Gasteiger partial charge in [-0.1, -0.05) is 15.9 Å². The number of nitrogens with one attached hydrogen (secondary N) is 1. The smallest absolute Gasteiger partial charge is 0.410 e. The van der Waals surface area contributed by atoms with Crippen molar-refractivity contribution < 1.29 is 14.3 Å². The van der Waals surface area contributed by atoms with E-state index in [0.717, 1.165) is 9.99 Å². The minimum Gasteiger partial charge on any atom is -0.444 e. The van der Waals surface area contributed by atoms with Crippen LogP contribution in [-0.2, 0) is 4.74 Å². The number of benzene rings is 1. The van der Waals surface area contributed by atoms with Crippen LogP contribution in [0.1, 0.15) is 31.3 Å². The number of halogens is 1. The van der Waals surface area contributed by atoms with Gasteiger partial charge in [0.1, 0.15) is 17.4 Å². The summed E-state index contributed by atoms with van der Waals surface area (Å²) >= 11 is 3.43. The van der Waals surface area contributed by atoms with Crippen LogP contribution in [0.4, 0.5) is 4.79 Å². The van der Waals surface area contributed by atoms with Gasteiger partial charge in [-0.3, -0.25) is 14.0 Å². The molecule has 3 aromatic rings. The second-order valence-corrected chi connectivity index (χ2v) is 9.10. The van der Waals surface area contributed by atoms with Crippen molar-refractivity contribution in [3.8, 4) is 0 Å². The quantitative estimate of drug-likeness (QED) is 0.582. The zero-order valence-corrected chi connectivity index (χ0v) is 18.5. The highest BCUT2D eigenvalue weighted by Crippen LogP contribution is 2.20. The Kier molecular flexibility index (Phi) is 5.05. The molecule has 0 aliphatic carbocycles. The fourth-order valence-corrected chi connectivity index (χ4v) is 3.81. The Balaban J connectivity index is 1.58. The molecule has 0 atom stereocenters. The van der Waals surface area contributed by atoms with E-state index in [1.54, 1.807) is 20.3 Å². The number of H-pyrrole nitrogens is 1. The van der Waals surface area contributed by atoms with Crippen molar-refractivity contribution in [1.82, 2.24) is 24.2 Å². The molecular formula is C20H22BrN5O4. The van der Waals surface area contributed by atoms with E-state index in [0.29, 0.717) is 31.7 Å². The van der Waals surface area contributed by atoms with E-state index in [9.17, 15) is 14.4 Å². The minimum atomic E-state index is -0.571. The largest absolute Gasteiger partial charge is 0.444 e. The molecular weight excluding hydrogens is 454 g/mol. The molecule has 1 aliphatic heterocycles. The predicted molar refractivity (Wildman–Crippen MR) is 115 cm³/mol. The average molecular weight is 476 g/mol. The first-order chi connectivity index (χ1) is 14.1. The lowest BCUT2D eigenvalue weighted by molar-refractivity contribution is 0.0140. The molecule has 0 radical (unpaired) electrons. The zero-order chi connectivity index (χ0) is 21.6. The number of ether oxygens (including phenoxy) is 1. The molecule has 1 N–H and O–H groups in total. The van der Waals surface area contributed by atoms with Gasteiger partial charge in [-0.2, -0.15) is 0 Å². The molecule has 30 heavy (non-hydrogen) atoms. The molecule has 1 fully saturated rings. The topological polar surface area (TPSA) is 100 Å². The van der Waals surface area contributed by atoms with E-state index in [4.69, 9.17) is 4.74 Å². The molecule has 0 bridgehead atoms. The number of piperazine rings is 1. The summed E-state index contributed by atoms with van der Waals surface area (Å²) in [4.78, 5) is 48.2. The summed E-state index contributed by atoms with van der Waals surface area (Å²) < 4.78 is 7.87. The van der Waals surface area contributed by atoms with Crippen LogP contribution in [0.2, 0.25) is 0 Å². The number of carbonyl (C=O) groups is 2. The first-order valence-electron chi connectivity index (χ1n) is 9.60. The molecule has 3 heterocycles. The van der Waals surface area contributed by atoms with E-state index in [1.807, 2.05) is 32.9 Å². The van der Waals surface area contributed by atoms with Gasteiger partial charge >= 0.3 is 6.09 Å². The summed E-state index contributed by atoms with van der Waals surface area (Å²) in [5.74, 6) is -0.332. The standard InChI is InChI=1S/C20H22BrN5O4/c1-20(2,3)30-19(29)25-8-6-24(7-9-25)18(28)15-16-17(27)23-13-5-4-12(21)10-14(13)26(16)11-22-15/h4-5,10-11H,6-9H2,1-3H3,(H,23,27). The second-order valence-electron chi connectivity index (χ2n) is 8.19. The lowest BCUT2D eigenvalue weighted by Gasteiger charge is -2.35. The van der Waals surface area contributed by atoms with Gasteiger partial charge < -0.3 is 19.5 Å². The van der Waals surface area contributed by atoms with Gasteiger partial charge in [0, 0.05) is 30.7 Å². The number of imidazole rings is 1. The molecule has 9 nitrogen and oxygen atoms in total. The lowest BCUT2D eigenvalue weighted by atomic mass is 10.2. The second kappa shape index (κ2) is 7.42. The van der Waals surface area contributed by atoms with Crippen molar-refractivity contribution in [2.24, 2.45) is 0 Å². The summed E-state index contributed by atoms with van der Waals surface area (Å²) in [6.07, 6.45) is 1.10. The Hall–Kier alpha value is -2.88. The van der Waals surface area contributed by atoms with Crippen molar-refractivity contribution in [1.29, 1.82) is 0 Å². The molecule has 1 saturated heterocycles. The summed E-state index contributed by atoms with van der Waals surface area (Å²) in [6, 6.07) is 5.47. The van der Waals surface area contributed by atoms with Gasteiger partial charge in [0.05, 0.1) is 11.0 Å². The highest BCUT2D eigenvalue weighted by Gasteiger charge is 2.30. The van der Waals surface area contributed by atoms with Crippen molar-refractivity contribution >= 4 is 44.5 Å². The monoisotopic (exact) mass is 475 g/mol. The van der Waals surface area contributed by atoms with E-state index >= 15 is 0 Å². The third-order valence-electron chi connectivity index (χ3n) is 4.87. The van der Waals surface area contributed by atoms with Crippen LogP contribution in [0.25, 0.3) is 16.6 Å². The SMILES string of the molecule is CC(C)(C)OC(=O)N1CCN(C(=O)c2ncn3c2c(=O)[nH]c2ccc(Br)cc23)CC1. The molecule has 0 spiro atoms. The average Bonchev–Trinajstić information content (AvgIpc) is 3.13. The van der Waals surface area contributed by atoms with E-state index < -0.39 is 11.7 Å². The lowest BCUT2D eigenvalue weighted by Crippen LogP contribution is -2.51. The number of fused-ring (bicyclic) bond motifs is 3. The third kappa shape index (κ3) is 3.79. The number of nitrogens with zero attached hydrogens (tertiary/aromatic N) is 4.